The number of rotatable bonds is 2. The lowest BCUT2D eigenvalue weighted by molar-refractivity contribution is -0.137. The van der Waals surface area contributed by atoms with Gasteiger partial charge in [-0.1, -0.05) is 0 Å². The number of carbonyl (C=O) groups excluding carboxylic acids is 1. The first-order valence-electron chi connectivity index (χ1n) is 9.20. The van der Waals surface area contributed by atoms with Crippen molar-refractivity contribution in [2.24, 2.45) is 0 Å². The van der Waals surface area contributed by atoms with Crippen molar-refractivity contribution in [2.75, 3.05) is 32.8 Å². The molecule has 8 nitrogen and oxygen atoms in total. The van der Waals surface area contributed by atoms with Gasteiger partial charge in [0, 0.05) is 37.3 Å². The Morgan fingerprint density at radius 2 is 2.15 bits per heavy atom. The molecule has 136 valence electrons. The van der Waals surface area contributed by atoms with Gasteiger partial charge in [-0.25, -0.2) is 9.97 Å². The lowest BCUT2D eigenvalue weighted by atomic mass is 10.0. The quantitative estimate of drug-likeness (QED) is 0.719. The number of nitrogens with one attached hydrogen (secondary N) is 2. The summed E-state index contributed by atoms with van der Waals surface area (Å²) in [5, 5.41) is 4.35. The molecule has 8 heteroatoms. The zero-order valence-corrected chi connectivity index (χ0v) is 14.5. The number of hydrogen-bond acceptors (Lipinski definition) is 5. The van der Waals surface area contributed by atoms with Crippen LogP contribution in [0.4, 0.5) is 0 Å². The van der Waals surface area contributed by atoms with Gasteiger partial charge >= 0.3 is 0 Å². The number of ether oxygens (including phenoxy) is 1. The summed E-state index contributed by atoms with van der Waals surface area (Å²) in [5.41, 5.74) is 2.93. The van der Waals surface area contributed by atoms with Crippen LogP contribution >= 0.6 is 0 Å². The van der Waals surface area contributed by atoms with Gasteiger partial charge in [0.2, 0.25) is 5.91 Å². The molecule has 5 rings (SSSR count). The Morgan fingerprint density at radius 3 is 2.96 bits per heavy atom. The molecule has 1 amide bonds. The van der Waals surface area contributed by atoms with Crippen molar-refractivity contribution in [2.45, 2.75) is 24.9 Å². The van der Waals surface area contributed by atoms with Crippen LogP contribution in [0.3, 0.4) is 0 Å². The van der Waals surface area contributed by atoms with E-state index in [1.807, 2.05) is 23.6 Å². The molecule has 0 spiro atoms. The zero-order valence-electron chi connectivity index (χ0n) is 14.5. The number of nitrogens with zero attached hydrogens (tertiary/aromatic N) is 4. The van der Waals surface area contributed by atoms with Gasteiger partial charge in [-0.05, 0) is 18.9 Å². The van der Waals surface area contributed by atoms with Crippen LogP contribution in [-0.4, -0.2) is 69.2 Å². The minimum absolute atomic E-state index is 0.163. The molecule has 0 aromatic carbocycles. The summed E-state index contributed by atoms with van der Waals surface area (Å²) in [7, 11) is 0. The van der Waals surface area contributed by atoms with Crippen LogP contribution in [0, 0.1) is 0 Å². The third-order valence-electron chi connectivity index (χ3n) is 5.51. The number of likely N-dealkylation sites (tertiary alicyclic amines) is 1. The minimum atomic E-state index is -0.195. The molecule has 2 aliphatic heterocycles. The first-order valence-corrected chi connectivity index (χ1v) is 9.20. The number of imidazole rings is 1. The maximum Gasteiger partial charge on any atom is 0.242 e. The van der Waals surface area contributed by atoms with Crippen LogP contribution in [0.15, 0.2) is 24.8 Å². The molecule has 5 heterocycles. The highest BCUT2D eigenvalue weighted by Crippen LogP contribution is 2.30. The fraction of sp³-hybridized carbons (Fsp3) is 0.500. The van der Waals surface area contributed by atoms with Crippen LogP contribution in [0.25, 0.3) is 22.1 Å². The average molecular weight is 354 g/mol. The van der Waals surface area contributed by atoms with E-state index in [4.69, 9.17) is 4.74 Å². The van der Waals surface area contributed by atoms with Crippen molar-refractivity contribution in [3.8, 4) is 0 Å². The number of amides is 1. The third-order valence-corrected chi connectivity index (χ3v) is 5.51. The number of aromatic amines is 1. The topological polar surface area (TPSA) is 88.1 Å². The van der Waals surface area contributed by atoms with E-state index in [0.29, 0.717) is 19.3 Å². The summed E-state index contributed by atoms with van der Waals surface area (Å²) in [6, 6.07) is 2.20. The Morgan fingerprint density at radius 1 is 1.27 bits per heavy atom. The van der Waals surface area contributed by atoms with E-state index in [-0.39, 0.29) is 11.9 Å². The van der Waals surface area contributed by atoms with Gasteiger partial charge in [0.1, 0.15) is 17.2 Å². The Bertz CT molecular complexity index is 934. The summed E-state index contributed by atoms with van der Waals surface area (Å²) in [6.07, 6.45) is 7.50. The average Bonchev–Trinajstić information content (AvgIpc) is 3.34. The van der Waals surface area contributed by atoms with E-state index in [2.05, 4.69) is 30.9 Å². The summed E-state index contributed by atoms with van der Waals surface area (Å²) in [4.78, 5) is 26.7. The molecule has 2 saturated heterocycles. The third kappa shape index (κ3) is 2.57. The highest BCUT2D eigenvalue weighted by Gasteiger charge is 2.30. The monoisotopic (exact) mass is 354 g/mol. The summed E-state index contributed by atoms with van der Waals surface area (Å²) in [6.45, 7) is 3.44. The fourth-order valence-electron chi connectivity index (χ4n) is 4.12. The molecule has 2 fully saturated rings. The second-order valence-electron chi connectivity index (χ2n) is 7.02. The number of hydrogen-bond donors (Lipinski definition) is 2. The number of aromatic nitrogens is 4. The molecule has 0 radical (unpaired) electrons. The number of H-pyrrole nitrogens is 1. The Hall–Kier alpha value is -2.45. The van der Waals surface area contributed by atoms with Crippen LogP contribution in [0.2, 0.25) is 0 Å². The standard InChI is InChI=1S/C18H22N6O2/c25-18(15-10-26-8-5-19-15)23-6-2-12(3-7-23)24-11-22-14-9-21-17-13(16(14)24)1-4-20-17/h1,4,9,11-12,15,19H,2-3,5-8,10H2,(H,20,21). The van der Waals surface area contributed by atoms with E-state index in [9.17, 15) is 4.79 Å². The normalized spacial score (nSPS) is 22.3. The molecule has 26 heavy (non-hydrogen) atoms. The largest absolute Gasteiger partial charge is 0.378 e. The maximum atomic E-state index is 12.7. The lowest BCUT2D eigenvalue weighted by Gasteiger charge is -2.36. The van der Waals surface area contributed by atoms with Gasteiger partial charge < -0.3 is 24.5 Å². The minimum Gasteiger partial charge on any atom is -0.378 e. The van der Waals surface area contributed by atoms with E-state index < -0.39 is 0 Å². The maximum absolute atomic E-state index is 12.7. The molecule has 2 aliphatic rings. The van der Waals surface area contributed by atoms with Crippen molar-refractivity contribution >= 4 is 28.0 Å². The number of carbonyl (C=O) groups is 1. The Labute approximate surface area is 150 Å². The van der Waals surface area contributed by atoms with Gasteiger partial charge in [0.25, 0.3) is 0 Å². The summed E-state index contributed by atoms with van der Waals surface area (Å²) >= 11 is 0. The second kappa shape index (κ2) is 6.37. The Balaban J connectivity index is 1.35. The van der Waals surface area contributed by atoms with Gasteiger partial charge in [-0.2, -0.15) is 0 Å². The molecular formula is C18H22N6O2. The van der Waals surface area contributed by atoms with Crippen molar-refractivity contribution < 1.29 is 9.53 Å². The first kappa shape index (κ1) is 15.8. The number of piperidine rings is 1. The van der Waals surface area contributed by atoms with Gasteiger partial charge in [0.15, 0.2) is 0 Å². The van der Waals surface area contributed by atoms with E-state index in [0.717, 1.165) is 54.5 Å². The summed E-state index contributed by atoms with van der Waals surface area (Å²) < 4.78 is 7.69. The van der Waals surface area contributed by atoms with E-state index >= 15 is 0 Å². The highest BCUT2D eigenvalue weighted by atomic mass is 16.5. The zero-order chi connectivity index (χ0) is 17.5. The predicted octanol–water partition coefficient (Wildman–Crippen LogP) is 1.06. The van der Waals surface area contributed by atoms with Crippen LogP contribution in [-0.2, 0) is 9.53 Å². The van der Waals surface area contributed by atoms with Crippen molar-refractivity contribution in [3.05, 3.63) is 24.8 Å². The van der Waals surface area contributed by atoms with Crippen molar-refractivity contribution in [3.63, 3.8) is 0 Å². The lowest BCUT2D eigenvalue weighted by Crippen LogP contribution is -2.54. The molecule has 3 aromatic heterocycles. The molecule has 0 aliphatic carbocycles. The molecule has 0 saturated carbocycles. The molecule has 0 bridgehead atoms. The summed E-state index contributed by atoms with van der Waals surface area (Å²) in [5.74, 6) is 0.163. The predicted molar refractivity (Wildman–Crippen MR) is 96.8 cm³/mol. The van der Waals surface area contributed by atoms with Gasteiger partial charge in [-0.3, -0.25) is 4.79 Å². The van der Waals surface area contributed by atoms with Gasteiger partial charge in [0.05, 0.1) is 31.3 Å². The molecule has 2 N–H and O–H groups in total. The number of morpholine rings is 1. The van der Waals surface area contributed by atoms with Crippen molar-refractivity contribution in [1.82, 2.24) is 29.7 Å². The SMILES string of the molecule is O=C(C1COCCN1)N1CCC(n2cnc3cnc4[nH]ccc4c32)CC1. The van der Waals surface area contributed by atoms with Crippen LogP contribution in [0.1, 0.15) is 18.9 Å². The van der Waals surface area contributed by atoms with Gasteiger partial charge in [-0.15, -0.1) is 0 Å². The smallest absolute Gasteiger partial charge is 0.242 e. The molecular weight excluding hydrogens is 332 g/mol. The van der Waals surface area contributed by atoms with E-state index in [1.54, 1.807) is 0 Å². The molecule has 1 atom stereocenters. The van der Waals surface area contributed by atoms with Crippen molar-refractivity contribution in [1.29, 1.82) is 0 Å². The highest BCUT2D eigenvalue weighted by molar-refractivity contribution is 6.00. The number of pyridine rings is 1. The Kier molecular flexibility index (Phi) is 3.86. The second-order valence-corrected chi connectivity index (χ2v) is 7.02. The van der Waals surface area contributed by atoms with Crippen LogP contribution in [0.5, 0.6) is 0 Å². The first-order chi connectivity index (χ1) is 12.8. The van der Waals surface area contributed by atoms with Crippen LogP contribution < -0.4 is 5.32 Å². The molecule has 3 aromatic rings. The molecule has 1 unspecified atom stereocenters. The van der Waals surface area contributed by atoms with E-state index in [1.165, 1.54) is 0 Å². The fourth-order valence-corrected chi connectivity index (χ4v) is 4.12. The number of fused-ring (bicyclic) bond motifs is 3.